The van der Waals surface area contributed by atoms with Crippen LogP contribution in [0.5, 0.6) is 0 Å². The average molecular weight is 532 g/mol. The van der Waals surface area contributed by atoms with E-state index in [4.69, 9.17) is 4.99 Å². The zero-order valence-corrected chi connectivity index (χ0v) is 19.3. The Balaban J connectivity index is 0.00000243. The van der Waals surface area contributed by atoms with Crippen LogP contribution in [-0.4, -0.2) is 40.3 Å². The first-order valence-corrected chi connectivity index (χ1v) is 9.68. The van der Waals surface area contributed by atoms with Crippen molar-refractivity contribution in [3.8, 4) is 0 Å². The normalized spacial score (nSPS) is 17.3. The van der Waals surface area contributed by atoms with E-state index in [0.29, 0.717) is 12.5 Å². The van der Waals surface area contributed by atoms with Crippen molar-refractivity contribution in [1.82, 2.24) is 20.0 Å². The van der Waals surface area contributed by atoms with Crippen molar-refractivity contribution in [3.05, 3.63) is 52.3 Å². The van der Waals surface area contributed by atoms with Crippen LogP contribution in [0.4, 0.5) is 0 Å². The Bertz CT molecular complexity index is 713. The number of aryl methyl sites for hydroxylation is 1. The molecule has 0 spiro atoms. The van der Waals surface area contributed by atoms with Crippen molar-refractivity contribution in [2.75, 3.05) is 19.6 Å². The third-order valence-electron chi connectivity index (χ3n) is 4.53. The van der Waals surface area contributed by atoms with Crippen LogP contribution in [0.3, 0.4) is 0 Å². The number of likely N-dealkylation sites (tertiary alicyclic amines) is 1. The summed E-state index contributed by atoms with van der Waals surface area (Å²) in [5, 5.41) is 7.72. The standard InChI is InChI=1S/C19H26BrN5.HI/c1-3-21-19(22-11-15-4-6-18(20)7-5-15)25-9-8-16(14-25)10-17-12-23-24(2)13-17;/h4-7,12-13,16H,3,8-11,14H2,1-2H3,(H,21,22);1H. The van der Waals surface area contributed by atoms with E-state index in [0.717, 1.165) is 36.5 Å². The van der Waals surface area contributed by atoms with E-state index in [9.17, 15) is 0 Å². The number of guanidine groups is 1. The van der Waals surface area contributed by atoms with Gasteiger partial charge in [-0.05, 0) is 48.9 Å². The van der Waals surface area contributed by atoms with Crippen LogP contribution < -0.4 is 5.32 Å². The van der Waals surface area contributed by atoms with Crippen LogP contribution in [0, 0.1) is 5.92 Å². The number of nitrogens with one attached hydrogen (secondary N) is 1. The molecule has 2 aromatic rings. The van der Waals surface area contributed by atoms with Gasteiger partial charge in [0.1, 0.15) is 0 Å². The lowest BCUT2D eigenvalue weighted by molar-refractivity contribution is 0.460. The summed E-state index contributed by atoms with van der Waals surface area (Å²) in [5.74, 6) is 1.69. The molecule has 1 aromatic carbocycles. The van der Waals surface area contributed by atoms with Gasteiger partial charge in [0, 0.05) is 37.4 Å². The van der Waals surface area contributed by atoms with Gasteiger partial charge in [-0.2, -0.15) is 5.10 Å². The van der Waals surface area contributed by atoms with E-state index in [2.05, 4.69) is 68.6 Å². The topological polar surface area (TPSA) is 45.5 Å². The van der Waals surface area contributed by atoms with Crippen molar-refractivity contribution in [3.63, 3.8) is 0 Å². The first kappa shape index (κ1) is 21.2. The number of hydrogen-bond donors (Lipinski definition) is 1. The molecule has 1 saturated heterocycles. The van der Waals surface area contributed by atoms with Crippen molar-refractivity contribution < 1.29 is 0 Å². The number of benzene rings is 1. The molecular weight excluding hydrogens is 505 g/mol. The maximum Gasteiger partial charge on any atom is 0.194 e. The molecule has 1 unspecified atom stereocenters. The molecule has 1 N–H and O–H groups in total. The second kappa shape index (κ2) is 10.3. The molecule has 7 heteroatoms. The molecule has 1 aliphatic heterocycles. The largest absolute Gasteiger partial charge is 0.357 e. The van der Waals surface area contributed by atoms with Gasteiger partial charge >= 0.3 is 0 Å². The smallest absolute Gasteiger partial charge is 0.194 e. The fourth-order valence-electron chi connectivity index (χ4n) is 3.28. The fraction of sp³-hybridized carbons (Fsp3) is 0.474. The molecule has 1 atom stereocenters. The van der Waals surface area contributed by atoms with E-state index in [1.807, 2.05) is 17.9 Å². The predicted octanol–water partition coefficient (Wildman–Crippen LogP) is 3.83. The first-order chi connectivity index (χ1) is 12.1. The molecule has 0 aliphatic carbocycles. The molecule has 1 aromatic heterocycles. The van der Waals surface area contributed by atoms with Crippen LogP contribution >= 0.6 is 39.9 Å². The Morgan fingerprint density at radius 1 is 1.31 bits per heavy atom. The highest BCUT2D eigenvalue weighted by molar-refractivity contribution is 14.0. The molecular formula is C19H27BrIN5. The van der Waals surface area contributed by atoms with Crippen LogP contribution in [0.2, 0.25) is 0 Å². The maximum atomic E-state index is 4.84. The number of rotatable bonds is 5. The summed E-state index contributed by atoms with van der Waals surface area (Å²) in [5.41, 5.74) is 2.55. The molecule has 2 heterocycles. The van der Waals surface area contributed by atoms with Crippen molar-refractivity contribution in [1.29, 1.82) is 0 Å². The van der Waals surface area contributed by atoms with Gasteiger partial charge in [0.15, 0.2) is 5.96 Å². The summed E-state index contributed by atoms with van der Waals surface area (Å²) in [7, 11) is 1.97. The van der Waals surface area contributed by atoms with E-state index in [1.54, 1.807) is 0 Å². The van der Waals surface area contributed by atoms with Gasteiger partial charge in [0.2, 0.25) is 0 Å². The predicted molar refractivity (Wildman–Crippen MR) is 121 cm³/mol. The van der Waals surface area contributed by atoms with Gasteiger partial charge in [-0.1, -0.05) is 28.1 Å². The maximum absolute atomic E-state index is 4.84. The van der Waals surface area contributed by atoms with E-state index < -0.39 is 0 Å². The van der Waals surface area contributed by atoms with E-state index in [1.165, 1.54) is 17.5 Å². The Labute approximate surface area is 181 Å². The second-order valence-electron chi connectivity index (χ2n) is 6.62. The molecule has 1 aliphatic rings. The summed E-state index contributed by atoms with van der Waals surface area (Å²) < 4.78 is 2.98. The highest BCUT2D eigenvalue weighted by Crippen LogP contribution is 2.21. The molecule has 26 heavy (non-hydrogen) atoms. The molecule has 0 amide bonds. The third-order valence-corrected chi connectivity index (χ3v) is 5.06. The van der Waals surface area contributed by atoms with Gasteiger partial charge in [0.05, 0.1) is 12.7 Å². The minimum absolute atomic E-state index is 0. The Kier molecular flexibility index (Phi) is 8.40. The number of halogens is 2. The Hall–Kier alpha value is -1.09. The van der Waals surface area contributed by atoms with Crippen LogP contribution in [-0.2, 0) is 20.0 Å². The van der Waals surface area contributed by atoms with E-state index in [-0.39, 0.29) is 24.0 Å². The summed E-state index contributed by atoms with van der Waals surface area (Å²) in [6.45, 7) is 5.85. The van der Waals surface area contributed by atoms with E-state index >= 15 is 0 Å². The lowest BCUT2D eigenvalue weighted by atomic mass is 10.0. The molecule has 1 fully saturated rings. The lowest BCUT2D eigenvalue weighted by Gasteiger charge is -2.21. The highest BCUT2D eigenvalue weighted by Gasteiger charge is 2.25. The minimum Gasteiger partial charge on any atom is -0.357 e. The zero-order chi connectivity index (χ0) is 17.6. The summed E-state index contributed by atoms with van der Waals surface area (Å²) in [6.07, 6.45) is 6.40. The second-order valence-corrected chi connectivity index (χ2v) is 7.54. The first-order valence-electron chi connectivity index (χ1n) is 8.89. The number of aliphatic imine (C=N–C) groups is 1. The number of hydrogen-bond acceptors (Lipinski definition) is 2. The molecule has 0 saturated carbocycles. The number of nitrogens with zero attached hydrogens (tertiary/aromatic N) is 4. The average Bonchev–Trinajstić information content (AvgIpc) is 3.22. The summed E-state index contributed by atoms with van der Waals surface area (Å²) in [6, 6.07) is 8.37. The Morgan fingerprint density at radius 3 is 2.73 bits per heavy atom. The van der Waals surface area contributed by atoms with Crippen molar-refractivity contribution in [2.24, 2.45) is 18.0 Å². The molecule has 142 valence electrons. The lowest BCUT2D eigenvalue weighted by Crippen LogP contribution is -2.40. The van der Waals surface area contributed by atoms with Gasteiger partial charge in [-0.25, -0.2) is 4.99 Å². The van der Waals surface area contributed by atoms with Gasteiger partial charge in [-0.15, -0.1) is 24.0 Å². The molecule has 0 radical (unpaired) electrons. The summed E-state index contributed by atoms with van der Waals surface area (Å²) >= 11 is 3.48. The molecule has 5 nitrogen and oxygen atoms in total. The SMILES string of the molecule is CCNC(=NCc1ccc(Br)cc1)N1CCC(Cc2cnn(C)c2)C1.I. The summed E-state index contributed by atoms with van der Waals surface area (Å²) in [4.78, 5) is 7.23. The fourth-order valence-corrected chi connectivity index (χ4v) is 3.55. The molecule has 0 bridgehead atoms. The third kappa shape index (κ3) is 5.97. The van der Waals surface area contributed by atoms with Crippen molar-refractivity contribution in [2.45, 2.75) is 26.3 Å². The quantitative estimate of drug-likeness (QED) is 0.362. The zero-order valence-electron chi connectivity index (χ0n) is 15.4. The van der Waals surface area contributed by atoms with Gasteiger partial charge in [0.25, 0.3) is 0 Å². The van der Waals surface area contributed by atoms with Crippen LogP contribution in [0.1, 0.15) is 24.5 Å². The van der Waals surface area contributed by atoms with Crippen molar-refractivity contribution >= 4 is 45.9 Å². The number of aromatic nitrogens is 2. The van der Waals surface area contributed by atoms with Gasteiger partial charge in [-0.3, -0.25) is 4.68 Å². The van der Waals surface area contributed by atoms with Gasteiger partial charge < -0.3 is 10.2 Å². The molecule has 3 rings (SSSR count). The van der Waals surface area contributed by atoms with Crippen LogP contribution in [0.25, 0.3) is 0 Å². The monoisotopic (exact) mass is 531 g/mol. The Morgan fingerprint density at radius 2 is 2.08 bits per heavy atom. The highest BCUT2D eigenvalue weighted by atomic mass is 127. The van der Waals surface area contributed by atoms with Crippen LogP contribution in [0.15, 0.2) is 46.1 Å². The minimum atomic E-state index is 0.